The second-order valence-corrected chi connectivity index (χ2v) is 11.5. The Hall–Kier alpha value is -2.51. The summed E-state index contributed by atoms with van der Waals surface area (Å²) in [5.41, 5.74) is 3.20. The van der Waals surface area contributed by atoms with E-state index in [1.807, 2.05) is 19.9 Å². The standard InChI is InChI=1S/C26H38F2N4O2.C2H6/c1-15(2)10-16(3)11-18-12-17-8-9-19(30-21(33)25(6,7)28)13-20(17)26(18)22(34)32(23(29)31-26)14-24(4,5)27;1-2/h8-9,13,15-16,18H,10-12,14H2,1-7H3,(H2,29,31)(H,30,33);1-2H3. The molecule has 0 aromatic heterocycles. The van der Waals surface area contributed by atoms with Crippen LogP contribution in [0.1, 0.15) is 86.3 Å². The molecular weight excluding hydrogens is 462 g/mol. The lowest BCUT2D eigenvalue weighted by Crippen LogP contribution is -2.49. The molecule has 8 heteroatoms. The van der Waals surface area contributed by atoms with Gasteiger partial charge in [0.15, 0.2) is 17.2 Å². The van der Waals surface area contributed by atoms with Crippen LogP contribution in [-0.2, 0) is 21.5 Å². The fourth-order valence-corrected chi connectivity index (χ4v) is 5.31. The second kappa shape index (κ2) is 10.9. The lowest BCUT2D eigenvalue weighted by molar-refractivity contribution is -0.134. The molecule has 2 amide bonds. The maximum Gasteiger partial charge on any atom is 0.262 e. The molecule has 6 nitrogen and oxygen atoms in total. The van der Waals surface area contributed by atoms with Crippen LogP contribution in [0.2, 0.25) is 0 Å². The van der Waals surface area contributed by atoms with Crippen molar-refractivity contribution in [3.8, 4) is 0 Å². The van der Waals surface area contributed by atoms with Crippen molar-refractivity contribution in [1.29, 1.82) is 0 Å². The van der Waals surface area contributed by atoms with Crippen molar-refractivity contribution in [3.05, 3.63) is 29.3 Å². The monoisotopic (exact) mass is 506 g/mol. The van der Waals surface area contributed by atoms with E-state index in [1.165, 1.54) is 32.6 Å². The summed E-state index contributed by atoms with van der Waals surface area (Å²) in [6.45, 7) is 15.5. The molecular formula is C28H44F2N4O2. The van der Waals surface area contributed by atoms with E-state index in [0.29, 0.717) is 29.5 Å². The highest BCUT2D eigenvalue weighted by Gasteiger charge is 2.59. The van der Waals surface area contributed by atoms with Gasteiger partial charge in [-0.2, -0.15) is 0 Å². The lowest BCUT2D eigenvalue weighted by Gasteiger charge is -2.32. The van der Waals surface area contributed by atoms with Crippen molar-refractivity contribution in [3.63, 3.8) is 0 Å². The number of hydrogen-bond acceptors (Lipinski definition) is 4. The van der Waals surface area contributed by atoms with Gasteiger partial charge in [-0.3, -0.25) is 14.5 Å². The number of carbonyl (C=O) groups excluding carboxylic acids is 2. The topological polar surface area (TPSA) is 87.8 Å². The van der Waals surface area contributed by atoms with Gasteiger partial charge in [-0.05, 0) is 82.1 Å². The van der Waals surface area contributed by atoms with Crippen molar-refractivity contribution in [1.82, 2.24) is 4.90 Å². The van der Waals surface area contributed by atoms with Gasteiger partial charge in [-0.25, -0.2) is 13.8 Å². The number of nitrogens with one attached hydrogen (secondary N) is 1. The summed E-state index contributed by atoms with van der Waals surface area (Å²) in [6, 6.07) is 5.27. The Morgan fingerprint density at radius 3 is 2.36 bits per heavy atom. The molecule has 0 saturated carbocycles. The molecule has 202 valence electrons. The molecule has 0 fully saturated rings. The number of nitrogens with zero attached hydrogens (tertiary/aromatic N) is 2. The SMILES string of the molecule is CC.CC(C)CC(C)CC1Cc2ccc(NC(=O)C(C)(C)F)cc2C12N=C(N)N(CC(C)(C)F)C2=O. The van der Waals surface area contributed by atoms with Gasteiger partial charge in [-0.1, -0.05) is 40.7 Å². The average Bonchev–Trinajstić information content (AvgIpc) is 3.16. The molecule has 2 aliphatic rings. The first-order valence-corrected chi connectivity index (χ1v) is 13.0. The van der Waals surface area contributed by atoms with Crippen molar-refractivity contribution < 1.29 is 18.4 Å². The zero-order chi connectivity index (χ0) is 27.6. The molecule has 3 N–H and O–H groups in total. The predicted molar refractivity (Wildman–Crippen MR) is 142 cm³/mol. The maximum absolute atomic E-state index is 14.5. The molecule has 3 atom stereocenters. The Morgan fingerprint density at radius 2 is 1.83 bits per heavy atom. The van der Waals surface area contributed by atoms with Crippen molar-refractivity contribution in [2.75, 3.05) is 11.9 Å². The number of fused-ring (bicyclic) bond motifs is 2. The Balaban J connectivity index is 0.00000222. The molecule has 1 spiro atoms. The lowest BCUT2D eigenvalue weighted by atomic mass is 9.77. The number of aliphatic imine (C=N–C) groups is 1. The van der Waals surface area contributed by atoms with Crippen LogP contribution in [0.3, 0.4) is 0 Å². The molecule has 1 aromatic carbocycles. The van der Waals surface area contributed by atoms with E-state index >= 15 is 0 Å². The summed E-state index contributed by atoms with van der Waals surface area (Å²) in [6.07, 6.45) is 2.38. The van der Waals surface area contributed by atoms with Crippen molar-refractivity contribution in [2.45, 2.75) is 98.5 Å². The first-order chi connectivity index (χ1) is 16.5. The van der Waals surface area contributed by atoms with Gasteiger partial charge in [0.2, 0.25) is 0 Å². The van der Waals surface area contributed by atoms with Crippen molar-refractivity contribution >= 4 is 23.5 Å². The van der Waals surface area contributed by atoms with Gasteiger partial charge in [0.1, 0.15) is 5.67 Å². The zero-order valence-corrected chi connectivity index (χ0v) is 23.3. The minimum atomic E-state index is -2.05. The normalized spacial score (nSPS) is 22.3. The highest BCUT2D eigenvalue weighted by molar-refractivity contribution is 6.08. The van der Waals surface area contributed by atoms with Gasteiger partial charge in [0.05, 0.1) is 6.54 Å². The van der Waals surface area contributed by atoms with Gasteiger partial charge >= 0.3 is 0 Å². The van der Waals surface area contributed by atoms with E-state index in [4.69, 9.17) is 10.7 Å². The smallest absolute Gasteiger partial charge is 0.262 e. The number of benzene rings is 1. The Morgan fingerprint density at radius 1 is 1.22 bits per heavy atom. The minimum absolute atomic E-state index is 0.00409. The fourth-order valence-electron chi connectivity index (χ4n) is 5.31. The summed E-state index contributed by atoms with van der Waals surface area (Å²) < 4.78 is 28.7. The highest BCUT2D eigenvalue weighted by Crippen LogP contribution is 2.51. The molecule has 1 aliphatic carbocycles. The predicted octanol–water partition coefficient (Wildman–Crippen LogP) is 5.74. The van der Waals surface area contributed by atoms with E-state index < -0.39 is 22.8 Å². The third-order valence-electron chi connectivity index (χ3n) is 6.61. The third-order valence-corrected chi connectivity index (χ3v) is 6.61. The number of hydrogen-bond donors (Lipinski definition) is 2. The molecule has 0 radical (unpaired) electrons. The van der Waals surface area contributed by atoms with Crippen molar-refractivity contribution in [2.24, 2.45) is 28.5 Å². The molecule has 3 rings (SSSR count). The Kier molecular flexibility index (Phi) is 8.96. The number of guanidine groups is 1. The minimum Gasteiger partial charge on any atom is -0.369 e. The highest BCUT2D eigenvalue weighted by atomic mass is 19.1. The molecule has 3 unspecified atom stereocenters. The molecule has 1 aliphatic heterocycles. The quantitative estimate of drug-likeness (QED) is 0.471. The number of nitrogens with two attached hydrogens (primary N) is 1. The first-order valence-electron chi connectivity index (χ1n) is 13.0. The van der Waals surface area contributed by atoms with Crippen LogP contribution in [0, 0.1) is 17.8 Å². The van der Waals surface area contributed by atoms with E-state index in [9.17, 15) is 18.4 Å². The van der Waals surface area contributed by atoms with Crippen LogP contribution >= 0.6 is 0 Å². The summed E-state index contributed by atoms with van der Waals surface area (Å²) in [7, 11) is 0. The largest absolute Gasteiger partial charge is 0.369 e. The number of amides is 2. The fraction of sp³-hybridized carbons (Fsp3) is 0.679. The van der Waals surface area contributed by atoms with Crippen LogP contribution in [0.25, 0.3) is 0 Å². The van der Waals surface area contributed by atoms with Crippen LogP contribution < -0.4 is 11.1 Å². The first kappa shape index (κ1) is 29.7. The zero-order valence-electron chi connectivity index (χ0n) is 23.3. The summed E-state index contributed by atoms with van der Waals surface area (Å²) in [5, 5.41) is 2.60. The average molecular weight is 507 g/mol. The van der Waals surface area contributed by atoms with E-state index in [-0.39, 0.29) is 24.3 Å². The van der Waals surface area contributed by atoms with E-state index in [2.05, 4.69) is 26.1 Å². The van der Waals surface area contributed by atoms with Gasteiger partial charge in [0.25, 0.3) is 11.8 Å². The molecule has 0 saturated heterocycles. The maximum atomic E-state index is 14.5. The van der Waals surface area contributed by atoms with Gasteiger partial charge < -0.3 is 11.1 Å². The van der Waals surface area contributed by atoms with Gasteiger partial charge in [0, 0.05) is 11.6 Å². The van der Waals surface area contributed by atoms with E-state index in [1.54, 1.807) is 12.1 Å². The number of anilines is 1. The van der Waals surface area contributed by atoms with Crippen LogP contribution in [0.4, 0.5) is 14.5 Å². The Bertz CT molecular complexity index is 994. The van der Waals surface area contributed by atoms with Crippen LogP contribution in [-0.4, -0.2) is 40.6 Å². The number of carbonyl (C=O) groups is 2. The summed E-state index contributed by atoms with van der Waals surface area (Å²) >= 11 is 0. The van der Waals surface area contributed by atoms with E-state index in [0.717, 1.165) is 18.4 Å². The molecule has 0 bridgehead atoms. The molecule has 1 aromatic rings. The van der Waals surface area contributed by atoms with Crippen LogP contribution in [0.15, 0.2) is 23.2 Å². The number of alkyl halides is 2. The van der Waals surface area contributed by atoms with Crippen LogP contribution in [0.5, 0.6) is 0 Å². The number of halogens is 2. The second-order valence-electron chi connectivity index (χ2n) is 11.5. The van der Waals surface area contributed by atoms with Gasteiger partial charge in [-0.15, -0.1) is 0 Å². The molecule has 1 heterocycles. The third kappa shape index (κ3) is 6.24. The number of rotatable bonds is 8. The molecule has 36 heavy (non-hydrogen) atoms. The summed E-state index contributed by atoms with van der Waals surface area (Å²) in [4.78, 5) is 32.1. The Labute approximate surface area is 215 Å². The summed E-state index contributed by atoms with van der Waals surface area (Å²) in [5.74, 6) is -0.410.